The lowest BCUT2D eigenvalue weighted by Gasteiger charge is -2.28. The second-order valence-electron chi connectivity index (χ2n) is 3.98. The quantitative estimate of drug-likeness (QED) is 0.576. The van der Waals surface area contributed by atoms with E-state index < -0.39 is 17.6 Å². The maximum Gasteiger partial charge on any atom is 0.321 e. The molecule has 0 saturated carbocycles. The second kappa shape index (κ2) is 5.36. The molecule has 0 aliphatic heterocycles. The number of rotatable bonds is 6. The van der Waals surface area contributed by atoms with E-state index in [1.54, 1.807) is 13.8 Å². The summed E-state index contributed by atoms with van der Waals surface area (Å²) < 4.78 is 0. The Morgan fingerprint density at radius 2 is 2.00 bits per heavy atom. The summed E-state index contributed by atoms with van der Waals surface area (Å²) in [5.41, 5.74) is -0.502. The predicted molar refractivity (Wildman–Crippen MR) is 57.8 cm³/mol. The van der Waals surface area contributed by atoms with Gasteiger partial charge in [-0.15, -0.1) is 0 Å². The largest absolute Gasteiger partial charge is 0.480 e. The van der Waals surface area contributed by atoms with E-state index in [1.807, 2.05) is 0 Å². The van der Waals surface area contributed by atoms with Crippen LogP contribution in [0.2, 0.25) is 0 Å². The summed E-state index contributed by atoms with van der Waals surface area (Å²) in [5, 5.41) is 11.7. The van der Waals surface area contributed by atoms with Crippen molar-refractivity contribution in [2.45, 2.75) is 38.8 Å². The molecule has 0 unspecified atom stereocenters. The van der Waals surface area contributed by atoms with Crippen molar-refractivity contribution in [3.8, 4) is 0 Å². The maximum absolute atomic E-state index is 10.9. The smallest absolute Gasteiger partial charge is 0.321 e. The third-order valence-corrected chi connectivity index (χ3v) is 2.10. The van der Waals surface area contributed by atoms with Crippen LogP contribution in [0.3, 0.4) is 0 Å². The molecule has 0 aromatic rings. The van der Waals surface area contributed by atoms with E-state index in [-0.39, 0.29) is 11.5 Å². The number of hydrogen-bond donors (Lipinski definition) is 3. The summed E-state index contributed by atoms with van der Waals surface area (Å²) in [5.74, 6) is -0.709. The summed E-state index contributed by atoms with van der Waals surface area (Å²) in [6.07, 6.45) is 0.310. The number of ketones is 1. The van der Waals surface area contributed by atoms with Crippen LogP contribution < -0.4 is 5.32 Å². The molecule has 0 saturated heterocycles. The van der Waals surface area contributed by atoms with Crippen LogP contribution in [0.5, 0.6) is 0 Å². The van der Waals surface area contributed by atoms with Crippen molar-refractivity contribution < 1.29 is 14.7 Å². The Morgan fingerprint density at radius 3 is 2.29 bits per heavy atom. The Balaban J connectivity index is 4.31. The molecule has 14 heavy (non-hydrogen) atoms. The molecule has 0 radical (unpaired) electrons. The number of thiol groups is 1. The molecular weight excluding hydrogens is 202 g/mol. The van der Waals surface area contributed by atoms with E-state index in [2.05, 4.69) is 17.9 Å². The van der Waals surface area contributed by atoms with Gasteiger partial charge in [0, 0.05) is 17.7 Å². The predicted octanol–water partition coefficient (Wildman–Crippen LogP) is 0.717. The van der Waals surface area contributed by atoms with Gasteiger partial charge in [-0.05, 0) is 20.8 Å². The van der Waals surface area contributed by atoms with Gasteiger partial charge in [-0.2, -0.15) is 12.6 Å². The summed E-state index contributed by atoms with van der Waals surface area (Å²) in [4.78, 5) is 21.6. The minimum atomic E-state index is -0.948. The number of aliphatic carboxylic acids is 1. The summed E-state index contributed by atoms with van der Waals surface area (Å²) in [6, 6.07) is -0.715. The molecule has 0 aliphatic rings. The van der Waals surface area contributed by atoms with Gasteiger partial charge in [0.05, 0.1) is 0 Å². The van der Waals surface area contributed by atoms with E-state index in [0.717, 1.165) is 0 Å². The molecule has 0 spiro atoms. The van der Waals surface area contributed by atoms with Gasteiger partial charge in [-0.25, -0.2) is 0 Å². The highest BCUT2D eigenvalue weighted by Gasteiger charge is 2.26. The van der Waals surface area contributed by atoms with E-state index in [4.69, 9.17) is 5.11 Å². The molecule has 0 aromatic heterocycles. The third kappa shape index (κ3) is 5.24. The lowest BCUT2D eigenvalue weighted by atomic mass is 9.97. The Kier molecular flexibility index (Phi) is 5.15. The van der Waals surface area contributed by atoms with Crippen LogP contribution in [-0.4, -0.2) is 34.2 Å². The summed E-state index contributed by atoms with van der Waals surface area (Å²) in [6.45, 7) is 5.08. The van der Waals surface area contributed by atoms with E-state index in [9.17, 15) is 9.59 Å². The zero-order valence-electron chi connectivity index (χ0n) is 8.70. The number of nitrogens with one attached hydrogen (secondary N) is 1. The van der Waals surface area contributed by atoms with Crippen LogP contribution in [0.4, 0.5) is 0 Å². The van der Waals surface area contributed by atoms with Crippen LogP contribution in [0.1, 0.15) is 27.2 Å². The minimum Gasteiger partial charge on any atom is -0.480 e. The third-order valence-electron chi connectivity index (χ3n) is 1.74. The Hall–Kier alpha value is -0.550. The SMILES string of the molecule is CC(=O)CC(C)(C)N[C@@H](CS)C(=O)O. The van der Waals surface area contributed by atoms with E-state index >= 15 is 0 Å². The van der Waals surface area contributed by atoms with Crippen LogP contribution in [0.25, 0.3) is 0 Å². The number of hydrogen-bond acceptors (Lipinski definition) is 4. The average Bonchev–Trinajstić information content (AvgIpc) is 1.97. The first-order chi connectivity index (χ1) is 6.28. The van der Waals surface area contributed by atoms with Gasteiger partial charge >= 0.3 is 5.97 Å². The first-order valence-corrected chi connectivity index (χ1v) is 5.02. The fourth-order valence-corrected chi connectivity index (χ4v) is 1.58. The molecule has 0 aliphatic carbocycles. The van der Waals surface area contributed by atoms with Crippen molar-refractivity contribution in [3.05, 3.63) is 0 Å². The molecule has 0 amide bonds. The summed E-state index contributed by atoms with van der Waals surface area (Å²) in [7, 11) is 0. The van der Waals surface area contributed by atoms with Crippen molar-refractivity contribution in [2.75, 3.05) is 5.75 Å². The molecule has 0 aromatic carbocycles. The summed E-state index contributed by atoms with van der Waals surface area (Å²) >= 11 is 3.93. The highest BCUT2D eigenvalue weighted by atomic mass is 32.1. The molecule has 1 atom stereocenters. The van der Waals surface area contributed by atoms with Crippen molar-refractivity contribution in [2.24, 2.45) is 0 Å². The number of carboxylic acids is 1. The van der Waals surface area contributed by atoms with Gasteiger partial charge in [0.1, 0.15) is 11.8 Å². The van der Waals surface area contributed by atoms with Crippen molar-refractivity contribution in [1.82, 2.24) is 5.32 Å². The van der Waals surface area contributed by atoms with Gasteiger partial charge in [0.2, 0.25) is 0 Å². The van der Waals surface area contributed by atoms with Gasteiger partial charge in [0.15, 0.2) is 0 Å². The van der Waals surface area contributed by atoms with Crippen LogP contribution in [0, 0.1) is 0 Å². The van der Waals surface area contributed by atoms with Gasteiger partial charge in [-0.1, -0.05) is 0 Å². The number of carbonyl (C=O) groups excluding carboxylic acids is 1. The van der Waals surface area contributed by atoms with Crippen LogP contribution in [-0.2, 0) is 9.59 Å². The zero-order chi connectivity index (χ0) is 11.4. The first-order valence-electron chi connectivity index (χ1n) is 4.39. The molecule has 5 heteroatoms. The fraction of sp³-hybridized carbons (Fsp3) is 0.778. The van der Waals surface area contributed by atoms with Crippen molar-refractivity contribution in [1.29, 1.82) is 0 Å². The van der Waals surface area contributed by atoms with Crippen LogP contribution >= 0.6 is 12.6 Å². The highest BCUT2D eigenvalue weighted by molar-refractivity contribution is 7.80. The fourth-order valence-electron chi connectivity index (χ4n) is 1.33. The number of Topliss-reactive ketones (excluding diaryl/α,β-unsaturated/α-hetero) is 1. The molecule has 0 rings (SSSR count). The van der Waals surface area contributed by atoms with Crippen LogP contribution in [0.15, 0.2) is 0 Å². The van der Waals surface area contributed by atoms with Crippen molar-refractivity contribution >= 4 is 24.4 Å². The lowest BCUT2D eigenvalue weighted by Crippen LogP contribution is -2.51. The topological polar surface area (TPSA) is 66.4 Å². The molecule has 82 valence electrons. The zero-order valence-corrected chi connectivity index (χ0v) is 9.60. The minimum absolute atomic E-state index is 0.0332. The van der Waals surface area contributed by atoms with Crippen molar-refractivity contribution in [3.63, 3.8) is 0 Å². The molecule has 0 fully saturated rings. The Morgan fingerprint density at radius 1 is 1.50 bits per heavy atom. The molecule has 2 N–H and O–H groups in total. The molecular formula is C9H17NO3S. The first kappa shape index (κ1) is 13.4. The second-order valence-corrected chi connectivity index (χ2v) is 4.35. The average molecular weight is 219 g/mol. The maximum atomic E-state index is 10.9. The normalized spacial score (nSPS) is 13.7. The molecule has 4 nitrogen and oxygen atoms in total. The molecule has 0 heterocycles. The molecule has 0 bridgehead atoms. The Labute approximate surface area is 89.5 Å². The standard InChI is InChI=1S/C9H17NO3S/c1-6(11)4-9(2,3)10-7(5-14)8(12)13/h7,10,14H,4-5H2,1-3H3,(H,12,13)/t7-/m0/s1. The van der Waals surface area contributed by atoms with Gasteiger partial charge in [0.25, 0.3) is 0 Å². The van der Waals surface area contributed by atoms with E-state index in [0.29, 0.717) is 6.42 Å². The monoisotopic (exact) mass is 219 g/mol. The lowest BCUT2D eigenvalue weighted by molar-refractivity contribution is -0.139. The van der Waals surface area contributed by atoms with E-state index in [1.165, 1.54) is 6.92 Å². The Bertz CT molecular complexity index is 228. The number of carbonyl (C=O) groups is 2. The van der Waals surface area contributed by atoms with Gasteiger partial charge < -0.3 is 5.11 Å². The number of carboxylic acid groups (broad SMARTS) is 1. The highest BCUT2D eigenvalue weighted by Crippen LogP contribution is 2.10. The van der Waals surface area contributed by atoms with Gasteiger partial charge in [-0.3, -0.25) is 14.9 Å².